The van der Waals surface area contributed by atoms with Crippen LogP contribution in [0, 0.1) is 0 Å². The Balaban J connectivity index is 2.34. The van der Waals surface area contributed by atoms with Crippen molar-refractivity contribution in [1.82, 2.24) is 4.72 Å². The Morgan fingerprint density at radius 1 is 1.24 bits per heavy atom. The van der Waals surface area contributed by atoms with Crippen molar-refractivity contribution in [1.29, 1.82) is 0 Å². The molecule has 0 aliphatic heterocycles. The molecule has 2 aromatic carbocycles. The molecule has 21 heavy (non-hydrogen) atoms. The number of benzene rings is 2. The lowest BCUT2D eigenvalue weighted by Gasteiger charge is -2.17. The van der Waals surface area contributed by atoms with E-state index in [-0.39, 0.29) is 9.92 Å². The highest BCUT2D eigenvalue weighted by Crippen LogP contribution is 2.27. The first-order valence-corrected chi connectivity index (χ1v) is 8.78. The van der Waals surface area contributed by atoms with Crippen LogP contribution in [-0.4, -0.2) is 8.42 Å². The highest BCUT2D eigenvalue weighted by atomic mass is 79.9. The zero-order valence-electron chi connectivity index (χ0n) is 11.2. The van der Waals surface area contributed by atoms with Crippen LogP contribution in [0.4, 0.5) is 5.69 Å². The molecule has 0 aliphatic rings. The number of sulfonamides is 1. The summed E-state index contributed by atoms with van der Waals surface area (Å²) in [4.78, 5) is -0.0249. The molecule has 0 saturated carbocycles. The molecule has 2 rings (SSSR count). The van der Waals surface area contributed by atoms with Crippen LogP contribution >= 0.6 is 27.5 Å². The number of nitrogens with one attached hydrogen (secondary N) is 1. The molecule has 1 atom stereocenters. The molecular weight excluding hydrogens is 376 g/mol. The second kappa shape index (κ2) is 6.36. The Bertz CT molecular complexity index is 765. The molecule has 7 heteroatoms. The number of hydrogen-bond acceptors (Lipinski definition) is 3. The number of halogens is 2. The van der Waals surface area contributed by atoms with E-state index in [9.17, 15) is 8.42 Å². The van der Waals surface area contributed by atoms with Crippen LogP contribution in [0.25, 0.3) is 0 Å². The smallest absolute Gasteiger partial charge is 0.242 e. The highest BCUT2D eigenvalue weighted by Gasteiger charge is 2.22. The van der Waals surface area contributed by atoms with Crippen molar-refractivity contribution in [2.75, 3.05) is 5.73 Å². The molecule has 1 unspecified atom stereocenters. The highest BCUT2D eigenvalue weighted by molar-refractivity contribution is 9.10. The van der Waals surface area contributed by atoms with Gasteiger partial charge in [-0.05, 0) is 36.8 Å². The topological polar surface area (TPSA) is 72.2 Å². The summed E-state index contributed by atoms with van der Waals surface area (Å²) in [6.45, 7) is 1.76. The van der Waals surface area contributed by atoms with Crippen LogP contribution in [0.3, 0.4) is 0 Å². The Morgan fingerprint density at radius 3 is 2.57 bits per heavy atom. The van der Waals surface area contributed by atoms with Crippen LogP contribution in [0.2, 0.25) is 5.02 Å². The van der Waals surface area contributed by atoms with Gasteiger partial charge in [-0.3, -0.25) is 0 Å². The van der Waals surface area contributed by atoms with Gasteiger partial charge >= 0.3 is 0 Å². The van der Waals surface area contributed by atoms with Gasteiger partial charge in [-0.25, -0.2) is 13.1 Å². The molecule has 0 heterocycles. The van der Waals surface area contributed by atoms with E-state index in [1.165, 1.54) is 12.1 Å². The van der Waals surface area contributed by atoms with Crippen molar-refractivity contribution in [2.45, 2.75) is 17.9 Å². The maximum absolute atomic E-state index is 12.4. The lowest BCUT2D eigenvalue weighted by molar-refractivity contribution is 0.566. The Hall–Kier alpha value is -1.08. The van der Waals surface area contributed by atoms with Gasteiger partial charge in [0, 0.05) is 16.2 Å². The molecule has 0 amide bonds. The fourth-order valence-corrected chi connectivity index (χ4v) is 4.30. The monoisotopic (exact) mass is 388 g/mol. The first-order chi connectivity index (χ1) is 9.81. The van der Waals surface area contributed by atoms with E-state index < -0.39 is 16.1 Å². The summed E-state index contributed by atoms with van der Waals surface area (Å²) in [5.74, 6) is 0. The molecule has 0 radical (unpaired) electrons. The number of nitrogens with two attached hydrogens (primary N) is 1. The van der Waals surface area contributed by atoms with E-state index in [0.717, 1.165) is 10.0 Å². The van der Waals surface area contributed by atoms with Gasteiger partial charge in [-0.15, -0.1) is 0 Å². The van der Waals surface area contributed by atoms with Gasteiger partial charge in [0.1, 0.15) is 4.90 Å². The summed E-state index contributed by atoms with van der Waals surface area (Å²) < 4.78 is 28.3. The molecule has 3 N–H and O–H groups in total. The summed E-state index contributed by atoms with van der Waals surface area (Å²) in [6, 6.07) is 11.4. The average molecular weight is 390 g/mol. The van der Waals surface area contributed by atoms with E-state index in [1.54, 1.807) is 13.0 Å². The minimum atomic E-state index is -3.76. The maximum Gasteiger partial charge on any atom is 0.242 e. The number of anilines is 1. The van der Waals surface area contributed by atoms with Crippen LogP contribution in [0.15, 0.2) is 51.8 Å². The summed E-state index contributed by atoms with van der Waals surface area (Å²) in [7, 11) is -3.76. The molecule has 0 bridgehead atoms. The third kappa shape index (κ3) is 3.77. The minimum Gasteiger partial charge on any atom is -0.399 e. The van der Waals surface area contributed by atoms with Crippen molar-refractivity contribution in [3.8, 4) is 0 Å². The molecule has 0 fully saturated rings. The van der Waals surface area contributed by atoms with Crippen molar-refractivity contribution in [2.24, 2.45) is 0 Å². The van der Waals surface area contributed by atoms with E-state index in [4.69, 9.17) is 17.3 Å². The first-order valence-electron chi connectivity index (χ1n) is 6.13. The zero-order valence-corrected chi connectivity index (χ0v) is 14.3. The Kier molecular flexibility index (Phi) is 4.93. The zero-order chi connectivity index (χ0) is 15.6. The third-order valence-corrected chi connectivity index (χ3v) is 5.69. The van der Waals surface area contributed by atoms with E-state index in [2.05, 4.69) is 20.7 Å². The van der Waals surface area contributed by atoms with Crippen molar-refractivity contribution >= 4 is 43.2 Å². The van der Waals surface area contributed by atoms with Crippen molar-refractivity contribution in [3.63, 3.8) is 0 Å². The largest absolute Gasteiger partial charge is 0.399 e. The predicted molar refractivity (Wildman–Crippen MR) is 88.7 cm³/mol. The standard InChI is InChI=1S/C14H14BrClN2O2S/c1-9(11-4-2-3-5-12(11)15)18-21(19,20)14-8-10(17)6-7-13(14)16/h2-9,18H,17H2,1H3. The fraction of sp³-hybridized carbons (Fsp3) is 0.143. The second-order valence-corrected chi connectivity index (χ2v) is 7.50. The van der Waals surface area contributed by atoms with Gasteiger partial charge in [0.2, 0.25) is 10.0 Å². The molecule has 112 valence electrons. The molecule has 0 spiro atoms. The first kappa shape index (κ1) is 16.3. The second-order valence-electron chi connectivity index (χ2n) is 4.55. The van der Waals surface area contributed by atoms with E-state index >= 15 is 0 Å². The van der Waals surface area contributed by atoms with Crippen LogP contribution in [-0.2, 0) is 10.0 Å². The molecule has 2 aromatic rings. The SMILES string of the molecule is CC(NS(=O)(=O)c1cc(N)ccc1Cl)c1ccccc1Br. The minimum absolute atomic E-state index is 0.0249. The lowest BCUT2D eigenvalue weighted by Crippen LogP contribution is -2.27. The van der Waals surface area contributed by atoms with Gasteiger partial charge in [-0.1, -0.05) is 45.7 Å². The summed E-state index contributed by atoms with van der Waals surface area (Å²) >= 11 is 9.36. The van der Waals surface area contributed by atoms with Crippen molar-refractivity contribution < 1.29 is 8.42 Å². The Labute approximate surface area is 137 Å². The molecule has 0 aromatic heterocycles. The molecular formula is C14H14BrClN2O2S. The van der Waals surface area contributed by atoms with E-state index in [0.29, 0.717) is 5.69 Å². The molecule has 0 aliphatic carbocycles. The fourth-order valence-electron chi connectivity index (χ4n) is 1.91. The van der Waals surface area contributed by atoms with E-state index in [1.807, 2.05) is 24.3 Å². The number of rotatable bonds is 4. The van der Waals surface area contributed by atoms with Crippen LogP contribution in [0.1, 0.15) is 18.5 Å². The summed E-state index contributed by atoms with van der Waals surface area (Å²) in [5, 5.41) is 0.135. The third-order valence-electron chi connectivity index (χ3n) is 2.95. The normalized spacial score (nSPS) is 13.1. The number of nitrogen functional groups attached to an aromatic ring is 1. The predicted octanol–water partition coefficient (Wildman–Crippen LogP) is 3.72. The van der Waals surface area contributed by atoms with Gasteiger partial charge in [0.15, 0.2) is 0 Å². The average Bonchev–Trinajstić information content (AvgIpc) is 2.41. The van der Waals surface area contributed by atoms with Crippen molar-refractivity contribution in [3.05, 3.63) is 57.5 Å². The molecule has 0 saturated heterocycles. The van der Waals surface area contributed by atoms with Gasteiger partial charge in [-0.2, -0.15) is 0 Å². The van der Waals surface area contributed by atoms with Gasteiger partial charge in [0.05, 0.1) is 5.02 Å². The number of hydrogen-bond donors (Lipinski definition) is 2. The summed E-state index contributed by atoms with van der Waals surface area (Å²) in [5.41, 5.74) is 6.81. The lowest BCUT2D eigenvalue weighted by atomic mass is 10.1. The molecule has 4 nitrogen and oxygen atoms in total. The van der Waals surface area contributed by atoms with Crippen LogP contribution in [0.5, 0.6) is 0 Å². The van der Waals surface area contributed by atoms with Gasteiger partial charge < -0.3 is 5.73 Å². The summed E-state index contributed by atoms with van der Waals surface area (Å²) in [6.07, 6.45) is 0. The maximum atomic E-state index is 12.4. The van der Waals surface area contributed by atoms with Crippen LogP contribution < -0.4 is 10.5 Å². The van der Waals surface area contributed by atoms with Gasteiger partial charge in [0.25, 0.3) is 0 Å². The Morgan fingerprint density at radius 2 is 1.90 bits per heavy atom. The quantitative estimate of drug-likeness (QED) is 0.783.